The number of benzene rings is 4. The molecule has 0 bridgehead atoms. The standard InChI is InChI=1S/C30H27O4PS/c1-33-29(31)27(28(30(32)34-2)36-26-21-13-6-14-22-26)35(23-15-7-3-8-16-23,24-17-9-4-10-18-24)25-19-11-5-12-20-25/h3-22,28H,1-2H3. The van der Waals surface area contributed by atoms with Crippen molar-refractivity contribution in [2.24, 2.45) is 0 Å². The van der Waals surface area contributed by atoms with E-state index >= 15 is 0 Å². The monoisotopic (exact) mass is 514 g/mol. The van der Waals surface area contributed by atoms with Crippen LogP contribution in [-0.4, -0.2) is 36.7 Å². The van der Waals surface area contributed by atoms with Gasteiger partial charge in [-0.05, 0) is 34.9 Å². The number of methoxy groups -OCH3 is 2. The molecular formula is C30H27O4PS. The van der Waals surface area contributed by atoms with Crippen molar-refractivity contribution in [1.29, 1.82) is 0 Å². The third-order valence-electron chi connectivity index (χ3n) is 5.85. The van der Waals surface area contributed by atoms with E-state index in [1.165, 1.54) is 26.0 Å². The second-order valence-electron chi connectivity index (χ2n) is 7.89. The van der Waals surface area contributed by atoms with Gasteiger partial charge in [-0.3, -0.25) is 4.79 Å². The van der Waals surface area contributed by atoms with Gasteiger partial charge in [-0.2, -0.15) is 0 Å². The fourth-order valence-electron chi connectivity index (χ4n) is 4.30. The maximum absolute atomic E-state index is 13.9. The summed E-state index contributed by atoms with van der Waals surface area (Å²) in [5.74, 6) is -1.03. The highest BCUT2D eigenvalue weighted by Crippen LogP contribution is 2.49. The van der Waals surface area contributed by atoms with Gasteiger partial charge in [-0.15, -0.1) is 11.8 Å². The summed E-state index contributed by atoms with van der Waals surface area (Å²) >= 11 is 1.30. The van der Waals surface area contributed by atoms with Crippen LogP contribution in [-0.2, 0) is 19.1 Å². The van der Waals surface area contributed by atoms with Crippen molar-refractivity contribution in [1.82, 2.24) is 0 Å². The Balaban J connectivity index is 2.23. The molecule has 0 aromatic heterocycles. The molecule has 6 heteroatoms. The van der Waals surface area contributed by atoms with Crippen LogP contribution in [0, 0.1) is 0 Å². The van der Waals surface area contributed by atoms with Crippen molar-refractivity contribution >= 4 is 51.8 Å². The number of carbonyl (C=O) groups is 2. The molecule has 4 aromatic carbocycles. The summed E-state index contributed by atoms with van der Waals surface area (Å²) in [6.07, 6.45) is 0. The van der Waals surface area contributed by atoms with Gasteiger partial charge in [0.05, 0.1) is 19.5 Å². The molecule has 0 fully saturated rings. The first-order valence-corrected chi connectivity index (χ1v) is 14.1. The molecular weight excluding hydrogens is 487 g/mol. The minimum absolute atomic E-state index is 0.384. The van der Waals surface area contributed by atoms with Crippen molar-refractivity contribution in [3.63, 3.8) is 0 Å². The van der Waals surface area contributed by atoms with Crippen LogP contribution in [0.5, 0.6) is 0 Å². The second-order valence-corrected chi connectivity index (χ2v) is 12.4. The van der Waals surface area contributed by atoms with Crippen LogP contribution in [0.4, 0.5) is 0 Å². The summed E-state index contributed by atoms with van der Waals surface area (Å²) in [6.45, 7) is -2.88. The Morgan fingerprint density at radius 3 is 1.36 bits per heavy atom. The van der Waals surface area contributed by atoms with E-state index in [4.69, 9.17) is 9.47 Å². The molecule has 0 aliphatic heterocycles. The number of esters is 2. The van der Waals surface area contributed by atoms with Gasteiger partial charge in [0, 0.05) is 4.90 Å². The molecule has 0 heterocycles. The lowest BCUT2D eigenvalue weighted by Crippen LogP contribution is -2.42. The summed E-state index contributed by atoms with van der Waals surface area (Å²) in [4.78, 5) is 28.2. The number of ether oxygens (including phenoxy) is 2. The zero-order chi connectivity index (χ0) is 25.4. The summed E-state index contributed by atoms with van der Waals surface area (Å²) < 4.78 is 10.7. The van der Waals surface area contributed by atoms with Crippen LogP contribution >= 0.6 is 18.6 Å². The molecule has 0 aliphatic carbocycles. The maximum Gasteiger partial charge on any atom is 0.336 e. The first-order chi connectivity index (χ1) is 17.6. The molecule has 1 unspecified atom stereocenters. The third-order valence-corrected chi connectivity index (χ3v) is 11.6. The number of hydrogen-bond donors (Lipinski definition) is 0. The van der Waals surface area contributed by atoms with Gasteiger partial charge in [0.1, 0.15) is 5.25 Å². The Kier molecular flexibility index (Phi) is 8.48. The van der Waals surface area contributed by atoms with E-state index < -0.39 is 24.1 Å². The largest absolute Gasteiger partial charge is 0.468 e. The minimum atomic E-state index is -2.88. The Morgan fingerprint density at radius 1 is 0.611 bits per heavy atom. The third kappa shape index (κ3) is 5.04. The van der Waals surface area contributed by atoms with Crippen molar-refractivity contribution in [3.8, 4) is 0 Å². The van der Waals surface area contributed by atoms with Gasteiger partial charge in [-0.1, -0.05) is 109 Å². The smallest absolute Gasteiger partial charge is 0.336 e. The zero-order valence-corrected chi connectivity index (χ0v) is 21.8. The summed E-state index contributed by atoms with van der Waals surface area (Å²) in [5, 5.41) is 2.30. The fraction of sp³-hybridized carbons (Fsp3) is 0.100. The van der Waals surface area contributed by atoms with Crippen molar-refractivity contribution < 1.29 is 19.1 Å². The van der Waals surface area contributed by atoms with Gasteiger partial charge in [0.15, 0.2) is 0 Å². The highest BCUT2D eigenvalue weighted by atomic mass is 32.2. The van der Waals surface area contributed by atoms with E-state index in [1.807, 2.05) is 121 Å². The van der Waals surface area contributed by atoms with Crippen LogP contribution < -0.4 is 15.9 Å². The van der Waals surface area contributed by atoms with E-state index in [-0.39, 0.29) is 0 Å². The van der Waals surface area contributed by atoms with Gasteiger partial charge in [0.25, 0.3) is 0 Å². The van der Waals surface area contributed by atoms with Crippen LogP contribution in [0.1, 0.15) is 0 Å². The predicted molar refractivity (Wildman–Crippen MR) is 150 cm³/mol. The van der Waals surface area contributed by atoms with Gasteiger partial charge < -0.3 is 9.47 Å². The molecule has 36 heavy (non-hydrogen) atoms. The highest BCUT2D eigenvalue weighted by Gasteiger charge is 2.41. The molecule has 4 aromatic rings. The molecule has 4 nitrogen and oxygen atoms in total. The topological polar surface area (TPSA) is 52.6 Å². The van der Waals surface area contributed by atoms with Crippen LogP contribution in [0.25, 0.3) is 0 Å². The number of thioether (sulfide) groups is 1. The normalized spacial score (nSPS) is 11.8. The predicted octanol–water partition coefficient (Wildman–Crippen LogP) is 4.66. The Labute approximate surface area is 216 Å². The maximum atomic E-state index is 13.9. The van der Waals surface area contributed by atoms with E-state index in [0.717, 1.165) is 20.8 Å². The molecule has 0 N–H and O–H groups in total. The number of rotatable bonds is 8. The zero-order valence-electron chi connectivity index (χ0n) is 20.1. The minimum Gasteiger partial charge on any atom is -0.468 e. The Bertz CT molecular complexity index is 1250. The Hall–Kier alpha value is -3.53. The van der Waals surface area contributed by atoms with E-state index in [2.05, 4.69) is 0 Å². The quantitative estimate of drug-likeness (QED) is 0.195. The lowest BCUT2D eigenvalue weighted by Gasteiger charge is -2.34. The lowest BCUT2D eigenvalue weighted by molar-refractivity contribution is -0.140. The summed E-state index contributed by atoms with van der Waals surface area (Å²) in [5.41, 5.74) is 0. The molecule has 0 spiro atoms. The SMILES string of the molecule is COC(=O)C(C(Sc1ccccc1)C(=O)OC)=P(c1ccccc1)(c1ccccc1)c1ccccc1. The average molecular weight is 515 g/mol. The first kappa shape index (κ1) is 25.6. The van der Waals surface area contributed by atoms with Crippen LogP contribution in [0.15, 0.2) is 126 Å². The summed E-state index contributed by atoms with van der Waals surface area (Å²) in [7, 11) is 2.71. The van der Waals surface area contributed by atoms with E-state index in [1.54, 1.807) is 0 Å². The molecule has 1 atom stereocenters. The second kappa shape index (κ2) is 11.9. The van der Waals surface area contributed by atoms with Crippen molar-refractivity contribution in [2.45, 2.75) is 10.1 Å². The van der Waals surface area contributed by atoms with Gasteiger partial charge in [0.2, 0.25) is 0 Å². The average Bonchev–Trinajstić information content (AvgIpc) is 2.96. The molecule has 0 amide bonds. The summed E-state index contributed by atoms with van der Waals surface area (Å²) in [6, 6.07) is 39.3. The number of hydrogen-bond acceptors (Lipinski definition) is 5. The highest BCUT2D eigenvalue weighted by molar-refractivity contribution is 8.04. The fourth-order valence-corrected chi connectivity index (χ4v) is 10.3. The number of carbonyl (C=O) groups excluding carboxylic acids is 2. The molecule has 0 radical (unpaired) electrons. The van der Waals surface area contributed by atoms with Gasteiger partial charge in [-0.25, -0.2) is 4.79 Å². The van der Waals surface area contributed by atoms with Crippen LogP contribution in [0.2, 0.25) is 0 Å². The first-order valence-electron chi connectivity index (χ1n) is 11.4. The van der Waals surface area contributed by atoms with Gasteiger partial charge >= 0.3 is 11.9 Å². The van der Waals surface area contributed by atoms with E-state index in [0.29, 0.717) is 5.29 Å². The molecule has 182 valence electrons. The Morgan fingerprint density at radius 2 is 1.00 bits per heavy atom. The van der Waals surface area contributed by atoms with Crippen molar-refractivity contribution in [2.75, 3.05) is 14.2 Å². The van der Waals surface area contributed by atoms with E-state index in [9.17, 15) is 9.59 Å². The molecule has 0 saturated heterocycles. The van der Waals surface area contributed by atoms with Crippen molar-refractivity contribution in [3.05, 3.63) is 121 Å². The molecule has 4 rings (SSSR count). The lowest BCUT2D eigenvalue weighted by atomic mass is 10.3. The molecule has 0 aliphatic rings. The molecule has 0 saturated carbocycles. The van der Waals surface area contributed by atoms with Crippen LogP contribution in [0.3, 0.4) is 0 Å².